The van der Waals surface area contributed by atoms with Crippen LogP contribution >= 0.6 is 11.6 Å². The van der Waals surface area contributed by atoms with Crippen molar-refractivity contribution in [1.29, 1.82) is 0 Å². The van der Waals surface area contributed by atoms with E-state index >= 15 is 0 Å². The number of halogens is 1. The fourth-order valence-electron chi connectivity index (χ4n) is 1.83. The molecule has 1 N–H and O–H groups in total. The summed E-state index contributed by atoms with van der Waals surface area (Å²) >= 11 is 5.55. The Labute approximate surface area is 111 Å². The van der Waals surface area contributed by atoms with Gasteiger partial charge in [-0.2, -0.15) is 0 Å². The maximum atomic E-state index is 11.6. The third-order valence-electron chi connectivity index (χ3n) is 2.95. The van der Waals surface area contributed by atoms with Gasteiger partial charge in [-0.15, -0.1) is 11.6 Å². The van der Waals surface area contributed by atoms with Crippen molar-refractivity contribution in [3.8, 4) is 0 Å². The van der Waals surface area contributed by atoms with E-state index in [0.29, 0.717) is 18.8 Å². The highest BCUT2D eigenvalue weighted by atomic mass is 35.5. The van der Waals surface area contributed by atoms with Crippen molar-refractivity contribution in [3.63, 3.8) is 0 Å². The molecule has 2 aromatic rings. The van der Waals surface area contributed by atoms with E-state index in [-0.39, 0.29) is 5.91 Å². The summed E-state index contributed by atoms with van der Waals surface area (Å²) in [5.41, 5.74) is 3.19. The molecule has 0 saturated carbocycles. The number of fused-ring (bicyclic) bond motifs is 1. The van der Waals surface area contributed by atoms with Crippen LogP contribution < -0.4 is 0 Å². The number of hydrogen-bond acceptors (Lipinski definition) is 2. The first-order valence-corrected chi connectivity index (χ1v) is 6.46. The minimum Gasteiger partial charge on any atom is -0.345 e. The van der Waals surface area contributed by atoms with Crippen LogP contribution in [0.15, 0.2) is 24.5 Å². The van der Waals surface area contributed by atoms with E-state index in [1.165, 1.54) is 5.56 Å². The Morgan fingerprint density at radius 1 is 1.50 bits per heavy atom. The maximum Gasteiger partial charge on any atom is 0.223 e. The van der Waals surface area contributed by atoms with Gasteiger partial charge in [-0.05, 0) is 24.1 Å². The van der Waals surface area contributed by atoms with Crippen LogP contribution in [0, 0.1) is 0 Å². The van der Waals surface area contributed by atoms with Crippen LogP contribution in [0.3, 0.4) is 0 Å². The lowest BCUT2D eigenvalue weighted by Crippen LogP contribution is -2.28. The molecule has 0 aliphatic heterocycles. The summed E-state index contributed by atoms with van der Waals surface area (Å²) in [5.74, 6) is 0.469. The fraction of sp³-hybridized carbons (Fsp3) is 0.385. The number of aromatic amines is 1. The first-order chi connectivity index (χ1) is 8.70. The number of nitrogens with one attached hydrogen (secondary N) is 1. The monoisotopic (exact) mass is 265 g/mol. The molecule has 18 heavy (non-hydrogen) atoms. The normalized spacial score (nSPS) is 10.8. The number of carbonyl (C=O) groups is 1. The second-order valence-electron chi connectivity index (χ2n) is 4.26. The Kier molecular flexibility index (Phi) is 4.20. The van der Waals surface area contributed by atoms with Gasteiger partial charge in [0.15, 0.2) is 0 Å². The van der Waals surface area contributed by atoms with Gasteiger partial charge in [0, 0.05) is 25.9 Å². The zero-order chi connectivity index (χ0) is 13.0. The number of benzene rings is 1. The Morgan fingerprint density at radius 2 is 2.33 bits per heavy atom. The molecule has 0 saturated heterocycles. The molecule has 2 rings (SSSR count). The van der Waals surface area contributed by atoms with Crippen molar-refractivity contribution < 1.29 is 4.79 Å². The minimum atomic E-state index is 0.0904. The zero-order valence-electron chi connectivity index (χ0n) is 10.3. The van der Waals surface area contributed by atoms with Crippen molar-refractivity contribution >= 4 is 28.5 Å². The van der Waals surface area contributed by atoms with E-state index in [1.54, 1.807) is 11.2 Å². The predicted octanol–water partition coefficient (Wildman–Crippen LogP) is 2.19. The van der Waals surface area contributed by atoms with Crippen molar-refractivity contribution in [3.05, 3.63) is 30.1 Å². The molecule has 0 aliphatic carbocycles. The molecule has 0 fully saturated rings. The molecular formula is C13H16ClN3O. The first kappa shape index (κ1) is 12.9. The molecule has 0 bridgehead atoms. The number of likely N-dealkylation sites (N-methyl/N-ethyl adjacent to an activating group) is 1. The van der Waals surface area contributed by atoms with Gasteiger partial charge >= 0.3 is 0 Å². The van der Waals surface area contributed by atoms with E-state index in [4.69, 9.17) is 11.6 Å². The Hall–Kier alpha value is -1.55. The Balaban J connectivity index is 1.95. The van der Waals surface area contributed by atoms with E-state index in [1.807, 2.05) is 19.2 Å². The SMILES string of the molecule is CN(CCc1ccc2nc[nH]c2c1)C(=O)CCCl. The van der Waals surface area contributed by atoms with Gasteiger partial charge in [-0.25, -0.2) is 4.98 Å². The highest BCUT2D eigenvalue weighted by molar-refractivity contribution is 6.18. The molecule has 1 aromatic heterocycles. The number of imidazole rings is 1. The average Bonchev–Trinajstić information content (AvgIpc) is 2.83. The topological polar surface area (TPSA) is 49.0 Å². The third kappa shape index (κ3) is 3.01. The van der Waals surface area contributed by atoms with Crippen LogP contribution in [0.1, 0.15) is 12.0 Å². The Bertz CT molecular complexity index is 538. The molecule has 1 amide bonds. The van der Waals surface area contributed by atoms with Gasteiger partial charge in [0.2, 0.25) is 5.91 Å². The van der Waals surface area contributed by atoms with Crippen LogP contribution in [-0.2, 0) is 11.2 Å². The minimum absolute atomic E-state index is 0.0904. The average molecular weight is 266 g/mol. The number of alkyl halides is 1. The van der Waals surface area contributed by atoms with Gasteiger partial charge in [0.1, 0.15) is 0 Å². The van der Waals surface area contributed by atoms with Gasteiger partial charge in [-0.1, -0.05) is 6.07 Å². The quantitative estimate of drug-likeness (QED) is 0.843. The summed E-state index contributed by atoms with van der Waals surface area (Å²) in [4.78, 5) is 20.5. The summed E-state index contributed by atoms with van der Waals surface area (Å²) in [7, 11) is 1.81. The molecule has 0 radical (unpaired) electrons. The molecule has 1 heterocycles. The van der Waals surface area contributed by atoms with Gasteiger partial charge in [-0.3, -0.25) is 4.79 Å². The van der Waals surface area contributed by atoms with Gasteiger partial charge in [0.25, 0.3) is 0 Å². The molecule has 1 aromatic carbocycles. The predicted molar refractivity (Wildman–Crippen MR) is 72.8 cm³/mol. The second kappa shape index (κ2) is 5.87. The van der Waals surface area contributed by atoms with Gasteiger partial charge in [0.05, 0.1) is 17.4 Å². The summed E-state index contributed by atoms with van der Waals surface area (Å²) in [6.45, 7) is 0.704. The number of hydrogen-bond donors (Lipinski definition) is 1. The van der Waals surface area contributed by atoms with Crippen LogP contribution in [0.2, 0.25) is 0 Å². The number of H-pyrrole nitrogens is 1. The van der Waals surface area contributed by atoms with E-state index in [0.717, 1.165) is 17.5 Å². The first-order valence-electron chi connectivity index (χ1n) is 5.92. The molecule has 96 valence electrons. The number of rotatable bonds is 5. The molecule has 4 nitrogen and oxygen atoms in total. The fourth-order valence-corrected chi connectivity index (χ4v) is 1.99. The maximum absolute atomic E-state index is 11.6. The molecular weight excluding hydrogens is 250 g/mol. The highest BCUT2D eigenvalue weighted by Gasteiger charge is 2.07. The number of carbonyl (C=O) groups excluding carboxylic acids is 1. The van der Waals surface area contributed by atoms with Crippen LogP contribution in [-0.4, -0.2) is 40.2 Å². The van der Waals surface area contributed by atoms with Crippen molar-refractivity contribution in [2.75, 3.05) is 19.5 Å². The van der Waals surface area contributed by atoms with Crippen molar-refractivity contribution in [1.82, 2.24) is 14.9 Å². The largest absolute Gasteiger partial charge is 0.345 e. The molecule has 5 heteroatoms. The standard InChI is InChI=1S/C13H16ClN3O/c1-17(13(18)4-6-14)7-5-10-2-3-11-12(8-10)16-9-15-11/h2-3,8-9H,4-7H2,1H3,(H,15,16). The lowest BCUT2D eigenvalue weighted by molar-refractivity contribution is -0.129. The smallest absolute Gasteiger partial charge is 0.223 e. The second-order valence-corrected chi connectivity index (χ2v) is 4.64. The lowest BCUT2D eigenvalue weighted by atomic mass is 10.1. The molecule has 0 aliphatic rings. The molecule has 0 spiro atoms. The Morgan fingerprint density at radius 3 is 3.11 bits per heavy atom. The highest BCUT2D eigenvalue weighted by Crippen LogP contribution is 2.12. The van der Waals surface area contributed by atoms with Crippen LogP contribution in [0.4, 0.5) is 0 Å². The molecule has 0 unspecified atom stereocenters. The summed E-state index contributed by atoms with van der Waals surface area (Å²) in [6.07, 6.45) is 2.92. The van der Waals surface area contributed by atoms with Crippen LogP contribution in [0.5, 0.6) is 0 Å². The number of aromatic nitrogens is 2. The van der Waals surface area contributed by atoms with Crippen molar-refractivity contribution in [2.24, 2.45) is 0 Å². The number of nitrogens with zero attached hydrogens (tertiary/aromatic N) is 2. The van der Waals surface area contributed by atoms with E-state index in [9.17, 15) is 4.79 Å². The summed E-state index contributed by atoms with van der Waals surface area (Å²) in [5, 5.41) is 0. The summed E-state index contributed by atoms with van der Waals surface area (Å²) < 4.78 is 0. The summed E-state index contributed by atoms with van der Waals surface area (Å²) in [6, 6.07) is 6.10. The zero-order valence-corrected chi connectivity index (χ0v) is 11.1. The third-order valence-corrected chi connectivity index (χ3v) is 3.14. The van der Waals surface area contributed by atoms with E-state index < -0.39 is 0 Å². The molecule has 0 atom stereocenters. The van der Waals surface area contributed by atoms with Gasteiger partial charge < -0.3 is 9.88 Å². The number of amides is 1. The van der Waals surface area contributed by atoms with Crippen LogP contribution in [0.25, 0.3) is 11.0 Å². The van der Waals surface area contributed by atoms with E-state index in [2.05, 4.69) is 16.0 Å². The van der Waals surface area contributed by atoms with Crippen molar-refractivity contribution in [2.45, 2.75) is 12.8 Å². The lowest BCUT2D eigenvalue weighted by Gasteiger charge is -2.16.